The summed E-state index contributed by atoms with van der Waals surface area (Å²) < 4.78 is 25.4. The van der Waals surface area contributed by atoms with Crippen molar-refractivity contribution in [3.8, 4) is 0 Å². The molecule has 0 radical (unpaired) electrons. The second kappa shape index (κ2) is 8.76. The van der Waals surface area contributed by atoms with E-state index >= 15 is 0 Å². The number of sulfonamides is 1. The minimum absolute atomic E-state index is 0.0121. The van der Waals surface area contributed by atoms with E-state index in [1.54, 1.807) is 6.92 Å². The van der Waals surface area contributed by atoms with Crippen LogP contribution in [-0.4, -0.2) is 42.7 Å². The van der Waals surface area contributed by atoms with Crippen molar-refractivity contribution in [1.82, 2.24) is 4.31 Å². The molecule has 5 nitrogen and oxygen atoms in total. The van der Waals surface area contributed by atoms with Gasteiger partial charge in [-0.3, -0.25) is 4.79 Å². The van der Waals surface area contributed by atoms with Crippen LogP contribution in [0.2, 0.25) is 0 Å². The van der Waals surface area contributed by atoms with Crippen LogP contribution in [0.3, 0.4) is 0 Å². The zero-order valence-corrected chi connectivity index (χ0v) is 16.9. The third-order valence-corrected chi connectivity index (χ3v) is 8.62. The zero-order chi connectivity index (χ0) is 18.6. The van der Waals surface area contributed by atoms with Crippen molar-refractivity contribution < 1.29 is 13.2 Å². The number of carbonyl (C=O) groups is 1. The molecule has 26 heavy (non-hydrogen) atoms. The van der Waals surface area contributed by atoms with Crippen LogP contribution >= 0.6 is 11.8 Å². The first kappa shape index (κ1) is 19.7. The molecule has 0 aromatic heterocycles. The van der Waals surface area contributed by atoms with E-state index in [9.17, 15) is 13.2 Å². The number of nitrogens with zero attached hydrogens (tertiary/aromatic N) is 1. The highest BCUT2D eigenvalue weighted by molar-refractivity contribution is 8.00. The summed E-state index contributed by atoms with van der Waals surface area (Å²) in [6.07, 6.45) is 6.26. The summed E-state index contributed by atoms with van der Waals surface area (Å²) in [6.45, 7) is 2.53. The van der Waals surface area contributed by atoms with E-state index in [1.165, 1.54) is 30.0 Å². The van der Waals surface area contributed by atoms with Gasteiger partial charge >= 0.3 is 0 Å². The average molecular weight is 397 g/mol. The number of amides is 1. The molecule has 7 heteroatoms. The van der Waals surface area contributed by atoms with Gasteiger partial charge in [-0.1, -0.05) is 25.0 Å². The molecule has 1 amide bonds. The van der Waals surface area contributed by atoms with Crippen LogP contribution < -0.4 is 5.32 Å². The molecule has 0 spiro atoms. The fourth-order valence-corrected chi connectivity index (χ4v) is 6.14. The minimum atomic E-state index is -3.15. The topological polar surface area (TPSA) is 66.5 Å². The van der Waals surface area contributed by atoms with Crippen LogP contribution in [0.15, 0.2) is 29.2 Å². The van der Waals surface area contributed by atoms with Gasteiger partial charge in [-0.2, -0.15) is 0 Å². The number of thioether (sulfide) groups is 1. The standard InChI is InChI=1S/C19H28N2O3S2/c1-2-26(23,24)21-13-11-15(12-14-21)19(22)20-17-9-5-6-10-18(17)25-16-7-3-4-8-16/h5-6,9-10,15-16H,2-4,7-8,11-14H2,1H3,(H,20,22). The van der Waals surface area contributed by atoms with Gasteiger partial charge in [0.2, 0.25) is 15.9 Å². The first-order chi connectivity index (χ1) is 12.5. The Hall–Kier alpha value is -1.05. The van der Waals surface area contributed by atoms with Gasteiger partial charge in [-0.15, -0.1) is 11.8 Å². The van der Waals surface area contributed by atoms with Gasteiger partial charge in [0, 0.05) is 29.2 Å². The smallest absolute Gasteiger partial charge is 0.227 e. The van der Waals surface area contributed by atoms with E-state index in [4.69, 9.17) is 0 Å². The van der Waals surface area contributed by atoms with E-state index < -0.39 is 10.0 Å². The van der Waals surface area contributed by atoms with Crippen molar-refractivity contribution in [2.45, 2.75) is 55.6 Å². The highest BCUT2D eigenvalue weighted by atomic mass is 32.2. The largest absolute Gasteiger partial charge is 0.325 e. The Morgan fingerprint density at radius 2 is 1.81 bits per heavy atom. The molecule has 1 N–H and O–H groups in total. The summed E-state index contributed by atoms with van der Waals surface area (Å²) >= 11 is 1.87. The predicted octanol–water partition coefficient (Wildman–Crippen LogP) is 3.72. The van der Waals surface area contributed by atoms with Crippen LogP contribution in [-0.2, 0) is 14.8 Å². The van der Waals surface area contributed by atoms with Crippen LogP contribution in [0.25, 0.3) is 0 Å². The van der Waals surface area contributed by atoms with Crippen LogP contribution in [0, 0.1) is 5.92 Å². The maximum Gasteiger partial charge on any atom is 0.227 e. The monoisotopic (exact) mass is 396 g/mol. The SMILES string of the molecule is CCS(=O)(=O)N1CCC(C(=O)Nc2ccccc2SC2CCCC2)CC1. The van der Waals surface area contributed by atoms with Crippen molar-refractivity contribution in [2.75, 3.05) is 24.2 Å². The molecule has 1 aromatic carbocycles. The lowest BCUT2D eigenvalue weighted by molar-refractivity contribution is -0.120. The number of hydrogen-bond acceptors (Lipinski definition) is 4. The molecule has 1 saturated carbocycles. The number of piperidine rings is 1. The Bertz CT molecular complexity index is 722. The first-order valence-corrected chi connectivity index (χ1v) is 12.0. The van der Waals surface area contributed by atoms with E-state index in [0.717, 1.165) is 10.6 Å². The number of nitrogens with one attached hydrogen (secondary N) is 1. The molecule has 1 saturated heterocycles. The molecule has 2 fully saturated rings. The Morgan fingerprint density at radius 1 is 1.15 bits per heavy atom. The Morgan fingerprint density at radius 3 is 2.46 bits per heavy atom. The second-order valence-electron chi connectivity index (χ2n) is 7.08. The molecule has 3 rings (SSSR count). The minimum Gasteiger partial charge on any atom is -0.325 e. The summed E-state index contributed by atoms with van der Waals surface area (Å²) in [4.78, 5) is 13.8. The molecule has 1 aliphatic carbocycles. The number of benzene rings is 1. The van der Waals surface area contributed by atoms with Gasteiger partial charge in [-0.05, 0) is 44.7 Å². The van der Waals surface area contributed by atoms with Crippen molar-refractivity contribution in [1.29, 1.82) is 0 Å². The van der Waals surface area contributed by atoms with E-state index in [1.807, 2.05) is 30.0 Å². The summed E-state index contributed by atoms with van der Waals surface area (Å²) in [5, 5.41) is 3.74. The third kappa shape index (κ3) is 4.81. The number of para-hydroxylation sites is 1. The van der Waals surface area contributed by atoms with Gasteiger partial charge in [0.15, 0.2) is 0 Å². The maximum atomic E-state index is 12.7. The summed E-state index contributed by atoms with van der Waals surface area (Å²) in [5.74, 6) is 0.0103. The van der Waals surface area contributed by atoms with Gasteiger partial charge in [-0.25, -0.2) is 12.7 Å². The molecular formula is C19H28N2O3S2. The number of hydrogen-bond donors (Lipinski definition) is 1. The Kier molecular flexibility index (Phi) is 6.64. The van der Waals surface area contributed by atoms with Crippen molar-refractivity contribution in [3.05, 3.63) is 24.3 Å². The second-order valence-corrected chi connectivity index (χ2v) is 10.7. The van der Waals surface area contributed by atoms with E-state index in [0.29, 0.717) is 31.2 Å². The molecule has 1 aliphatic heterocycles. The molecule has 0 unspecified atom stereocenters. The van der Waals surface area contributed by atoms with E-state index in [-0.39, 0.29) is 17.6 Å². The van der Waals surface area contributed by atoms with Crippen molar-refractivity contribution >= 4 is 33.4 Å². The van der Waals surface area contributed by atoms with Gasteiger partial charge in [0.05, 0.1) is 11.4 Å². The number of carbonyl (C=O) groups excluding carboxylic acids is 1. The fourth-order valence-electron chi connectivity index (χ4n) is 3.67. The molecule has 0 bridgehead atoms. The summed E-state index contributed by atoms with van der Waals surface area (Å²) in [5.41, 5.74) is 0.887. The Balaban J connectivity index is 1.59. The van der Waals surface area contributed by atoms with E-state index in [2.05, 4.69) is 11.4 Å². The van der Waals surface area contributed by atoms with Crippen LogP contribution in [0.5, 0.6) is 0 Å². The Labute approximate surface area is 161 Å². The highest BCUT2D eigenvalue weighted by Crippen LogP contribution is 2.38. The fraction of sp³-hybridized carbons (Fsp3) is 0.632. The predicted molar refractivity (Wildman–Crippen MR) is 107 cm³/mol. The number of rotatable bonds is 6. The summed E-state index contributed by atoms with van der Waals surface area (Å²) in [6, 6.07) is 8.01. The van der Waals surface area contributed by atoms with Gasteiger partial charge in [0.1, 0.15) is 0 Å². The zero-order valence-electron chi connectivity index (χ0n) is 15.3. The van der Waals surface area contributed by atoms with Crippen molar-refractivity contribution in [3.63, 3.8) is 0 Å². The molecule has 2 aliphatic rings. The molecule has 1 aromatic rings. The quantitative estimate of drug-likeness (QED) is 0.796. The normalized spacial score (nSPS) is 20.3. The van der Waals surface area contributed by atoms with Gasteiger partial charge in [0.25, 0.3) is 0 Å². The third-order valence-electron chi connectivity index (χ3n) is 5.32. The lowest BCUT2D eigenvalue weighted by Gasteiger charge is -2.30. The number of anilines is 1. The average Bonchev–Trinajstić information content (AvgIpc) is 3.16. The van der Waals surface area contributed by atoms with Gasteiger partial charge < -0.3 is 5.32 Å². The van der Waals surface area contributed by atoms with Crippen LogP contribution in [0.4, 0.5) is 5.69 Å². The van der Waals surface area contributed by atoms with Crippen LogP contribution in [0.1, 0.15) is 45.4 Å². The molecular weight excluding hydrogens is 368 g/mol. The lowest BCUT2D eigenvalue weighted by atomic mass is 9.97. The highest BCUT2D eigenvalue weighted by Gasteiger charge is 2.30. The molecule has 1 heterocycles. The summed E-state index contributed by atoms with van der Waals surface area (Å²) in [7, 11) is -3.15. The lowest BCUT2D eigenvalue weighted by Crippen LogP contribution is -2.42. The molecule has 0 atom stereocenters. The first-order valence-electron chi connectivity index (χ1n) is 9.54. The maximum absolute atomic E-state index is 12.7. The van der Waals surface area contributed by atoms with Crippen molar-refractivity contribution in [2.24, 2.45) is 5.92 Å². The molecule has 144 valence electrons.